The Hall–Kier alpha value is -2.15. The van der Waals surface area contributed by atoms with Gasteiger partial charge in [0.05, 0.1) is 0 Å². The number of aryl methyl sites for hydroxylation is 1. The minimum absolute atomic E-state index is 0.312. The van der Waals surface area contributed by atoms with Crippen molar-refractivity contribution in [3.05, 3.63) is 29.5 Å². The van der Waals surface area contributed by atoms with E-state index in [0.717, 1.165) is 11.8 Å². The fourth-order valence-corrected chi connectivity index (χ4v) is 2.15. The average molecular weight is 261 g/mol. The normalized spacial score (nSPS) is 10.3. The number of nitrogens with zero attached hydrogens (tertiary/aromatic N) is 3. The van der Waals surface area contributed by atoms with Gasteiger partial charge in [-0.05, 0) is 30.3 Å². The van der Waals surface area contributed by atoms with Crippen molar-refractivity contribution in [1.29, 1.82) is 0 Å². The number of anilines is 2. The van der Waals surface area contributed by atoms with Gasteiger partial charge in [0.25, 0.3) is 0 Å². The summed E-state index contributed by atoms with van der Waals surface area (Å²) >= 11 is 1.25. The highest BCUT2D eigenvalue weighted by molar-refractivity contribution is 7.99. The maximum Gasteiger partial charge on any atom is 0.197 e. The first-order chi connectivity index (χ1) is 8.58. The highest BCUT2D eigenvalue weighted by atomic mass is 32.2. The quantitative estimate of drug-likeness (QED) is 0.633. The van der Waals surface area contributed by atoms with Gasteiger partial charge in [0.1, 0.15) is 16.7 Å². The molecular weight excluding hydrogens is 250 g/mol. The van der Waals surface area contributed by atoms with Gasteiger partial charge in [0.15, 0.2) is 11.4 Å². The maximum atomic E-state index is 10.6. The molecule has 18 heavy (non-hydrogen) atoms. The molecule has 0 saturated carbocycles. The summed E-state index contributed by atoms with van der Waals surface area (Å²) in [7, 11) is 0. The van der Waals surface area contributed by atoms with Gasteiger partial charge in [0.2, 0.25) is 0 Å². The zero-order valence-corrected chi connectivity index (χ0v) is 10.4. The largest absolute Gasteiger partial charge is 0.383 e. The monoisotopic (exact) mass is 261 g/mol. The summed E-state index contributed by atoms with van der Waals surface area (Å²) in [5.74, 6) is 0.624. The fourth-order valence-electron chi connectivity index (χ4n) is 1.35. The first-order valence-corrected chi connectivity index (χ1v) is 5.90. The molecule has 4 N–H and O–H groups in total. The van der Waals surface area contributed by atoms with Gasteiger partial charge in [-0.3, -0.25) is 4.79 Å². The minimum atomic E-state index is 0.312. The minimum Gasteiger partial charge on any atom is -0.383 e. The Kier molecular flexibility index (Phi) is 3.42. The van der Waals surface area contributed by atoms with Crippen molar-refractivity contribution in [2.75, 3.05) is 11.5 Å². The molecule has 0 fully saturated rings. The third kappa shape index (κ3) is 2.75. The van der Waals surface area contributed by atoms with Crippen LogP contribution in [0.4, 0.5) is 11.6 Å². The van der Waals surface area contributed by atoms with E-state index in [9.17, 15) is 4.79 Å². The summed E-state index contributed by atoms with van der Waals surface area (Å²) in [5.41, 5.74) is 12.6. The van der Waals surface area contributed by atoms with E-state index in [1.807, 2.05) is 6.92 Å². The summed E-state index contributed by atoms with van der Waals surface area (Å²) in [4.78, 5) is 22.9. The number of carbonyl (C=O) groups is 1. The van der Waals surface area contributed by atoms with E-state index >= 15 is 0 Å². The molecule has 0 saturated heterocycles. The summed E-state index contributed by atoms with van der Waals surface area (Å²) < 4.78 is 0. The Morgan fingerprint density at radius 3 is 2.44 bits per heavy atom. The van der Waals surface area contributed by atoms with E-state index < -0.39 is 0 Å². The van der Waals surface area contributed by atoms with Crippen molar-refractivity contribution in [3.63, 3.8) is 0 Å². The predicted octanol–water partition coefficient (Wildman–Crippen LogP) is 1.31. The highest BCUT2D eigenvalue weighted by Gasteiger charge is 2.07. The zero-order valence-electron chi connectivity index (χ0n) is 9.62. The van der Waals surface area contributed by atoms with Crippen molar-refractivity contribution in [2.24, 2.45) is 0 Å². The third-order valence-corrected chi connectivity index (χ3v) is 3.11. The second-order valence-electron chi connectivity index (χ2n) is 3.61. The maximum absolute atomic E-state index is 10.6. The molecular formula is C11H11N5OS. The average Bonchev–Trinajstić information content (AvgIpc) is 2.30. The second kappa shape index (κ2) is 5.01. The van der Waals surface area contributed by atoms with Gasteiger partial charge in [-0.25, -0.2) is 15.0 Å². The fraction of sp³-hybridized carbons (Fsp3) is 0.0909. The van der Waals surface area contributed by atoms with Gasteiger partial charge >= 0.3 is 0 Å². The SMILES string of the molecule is Cc1cc(C=O)cnc1Sc1nc(N)cc(N)n1. The lowest BCUT2D eigenvalue weighted by Crippen LogP contribution is -1.99. The van der Waals surface area contributed by atoms with Crippen molar-refractivity contribution in [1.82, 2.24) is 15.0 Å². The molecule has 2 aromatic rings. The number of pyridine rings is 1. The number of nitrogen functional groups attached to an aromatic ring is 2. The zero-order chi connectivity index (χ0) is 13.1. The summed E-state index contributed by atoms with van der Waals surface area (Å²) in [6, 6.07) is 3.23. The van der Waals surface area contributed by atoms with E-state index in [1.54, 1.807) is 6.07 Å². The summed E-state index contributed by atoms with van der Waals surface area (Å²) in [6.45, 7) is 1.86. The highest BCUT2D eigenvalue weighted by Crippen LogP contribution is 2.26. The predicted molar refractivity (Wildman–Crippen MR) is 69.3 cm³/mol. The Bertz CT molecular complexity index is 582. The van der Waals surface area contributed by atoms with Crippen LogP contribution < -0.4 is 11.5 Å². The van der Waals surface area contributed by atoms with Crippen LogP contribution in [0.25, 0.3) is 0 Å². The smallest absolute Gasteiger partial charge is 0.197 e. The molecule has 0 aliphatic carbocycles. The topological polar surface area (TPSA) is 108 Å². The van der Waals surface area contributed by atoms with Crippen LogP contribution in [-0.4, -0.2) is 21.2 Å². The second-order valence-corrected chi connectivity index (χ2v) is 4.57. The Morgan fingerprint density at radius 1 is 1.22 bits per heavy atom. The number of nitrogens with two attached hydrogens (primary N) is 2. The first kappa shape index (κ1) is 12.3. The molecule has 2 heterocycles. The molecule has 0 amide bonds. The summed E-state index contributed by atoms with van der Waals surface area (Å²) in [5, 5.41) is 1.15. The molecule has 0 spiro atoms. The Labute approximate surface area is 108 Å². The molecule has 0 atom stereocenters. The van der Waals surface area contributed by atoms with Gasteiger partial charge in [-0.2, -0.15) is 0 Å². The van der Waals surface area contributed by atoms with E-state index in [-0.39, 0.29) is 0 Å². The van der Waals surface area contributed by atoms with Crippen LogP contribution in [0, 0.1) is 6.92 Å². The number of hydrogen-bond donors (Lipinski definition) is 2. The van der Waals surface area contributed by atoms with E-state index in [4.69, 9.17) is 11.5 Å². The van der Waals surface area contributed by atoms with Gasteiger partial charge < -0.3 is 11.5 Å². The van der Waals surface area contributed by atoms with Crippen LogP contribution in [-0.2, 0) is 0 Å². The molecule has 92 valence electrons. The van der Waals surface area contributed by atoms with Crippen LogP contribution >= 0.6 is 11.8 Å². The number of carbonyl (C=O) groups excluding carboxylic acids is 1. The van der Waals surface area contributed by atoms with Gasteiger partial charge in [0, 0.05) is 17.8 Å². The molecule has 0 radical (unpaired) electrons. The van der Waals surface area contributed by atoms with E-state index in [1.165, 1.54) is 24.0 Å². The first-order valence-electron chi connectivity index (χ1n) is 5.08. The van der Waals surface area contributed by atoms with Gasteiger partial charge in [-0.15, -0.1) is 0 Å². The Balaban J connectivity index is 2.31. The van der Waals surface area contributed by atoms with Crippen molar-refractivity contribution in [3.8, 4) is 0 Å². The van der Waals surface area contributed by atoms with E-state index in [2.05, 4.69) is 15.0 Å². The number of aromatic nitrogens is 3. The molecule has 0 unspecified atom stereocenters. The molecule has 2 rings (SSSR count). The molecule has 6 nitrogen and oxygen atoms in total. The molecule has 0 aliphatic heterocycles. The molecule has 2 aromatic heterocycles. The van der Waals surface area contributed by atoms with Crippen molar-refractivity contribution < 1.29 is 4.79 Å². The van der Waals surface area contributed by atoms with Crippen molar-refractivity contribution >= 4 is 29.7 Å². The van der Waals surface area contributed by atoms with Crippen LogP contribution in [0.1, 0.15) is 15.9 Å². The standard InChI is InChI=1S/C11H11N5OS/c1-6-2-7(5-17)4-14-10(6)18-11-15-8(12)3-9(13)16-11/h2-5H,1H3,(H4,12,13,15,16). The van der Waals surface area contributed by atoms with Crippen LogP contribution in [0.3, 0.4) is 0 Å². The number of hydrogen-bond acceptors (Lipinski definition) is 7. The molecule has 0 aliphatic rings. The molecule has 7 heteroatoms. The van der Waals surface area contributed by atoms with E-state index in [0.29, 0.717) is 27.4 Å². The van der Waals surface area contributed by atoms with Gasteiger partial charge in [-0.1, -0.05) is 0 Å². The lowest BCUT2D eigenvalue weighted by Gasteiger charge is -2.05. The van der Waals surface area contributed by atoms with Crippen LogP contribution in [0.15, 0.2) is 28.5 Å². The third-order valence-electron chi connectivity index (χ3n) is 2.12. The Morgan fingerprint density at radius 2 is 1.89 bits per heavy atom. The summed E-state index contributed by atoms with van der Waals surface area (Å²) in [6.07, 6.45) is 2.25. The van der Waals surface area contributed by atoms with Crippen molar-refractivity contribution in [2.45, 2.75) is 17.1 Å². The van der Waals surface area contributed by atoms with Crippen LogP contribution in [0.5, 0.6) is 0 Å². The van der Waals surface area contributed by atoms with Crippen LogP contribution in [0.2, 0.25) is 0 Å². The number of aldehydes is 1. The number of rotatable bonds is 3. The lowest BCUT2D eigenvalue weighted by atomic mass is 10.2. The lowest BCUT2D eigenvalue weighted by molar-refractivity contribution is 0.112. The molecule has 0 aromatic carbocycles. The molecule has 0 bridgehead atoms.